The molecular weight excluding hydrogens is 444 g/mol. The highest BCUT2D eigenvalue weighted by atomic mass is 79.9. The van der Waals surface area contributed by atoms with Crippen molar-refractivity contribution in [3.8, 4) is 0 Å². The van der Waals surface area contributed by atoms with Gasteiger partial charge in [0.05, 0.1) is 26.4 Å². The van der Waals surface area contributed by atoms with E-state index >= 15 is 0 Å². The van der Waals surface area contributed by atoms with Crippen LogP contribution in [-0.2, 0) is 18.9 Å². The Morgan fingerprint density at radius 2 is 1.53 bits per heavy atom. The minimum Gasteiger partial charge on any atom is -0.348 e. The lowest BCUT2D eigenvalue weighted by molar-refractivity contribution is -0.216. The molecule has 4 aliphatic carbocycles. The van der Waals surface area contributed by atoms with Crippen LogP contribution in [0, 0.1) is 34.5 Å². The summed E-state index contributed by atoms with van der Waals surface area (Å²) in [6.07, 6.45) is 10.9. The second kappa shape index (κ2) is 6.79. The van der Waals surface area contributed by atoms with Gasteiger partial charge in [-0.3, -0.25) is 0 Å². The van der Waals surface area contributed by atoms with Crippen LogP contribution in [0.25, 0.3) is 0 Å². The van der Waals surface area contributed by atoms with E-state index in [2.05, 4.69) is 42.8 Å². The fraction of sp³-hybridized carbons (Fsp3) is 0.920. The molecule has 168 valence electrons. The molecule has 0 unspecified atom stereocenters. The van der Waals surface area contributed by atoms with E-state index in [1.165, 1.54) is 32.1 Å². The smallest absolute Gasteiger partial charge is 0.172 e. The molecule has 0 bridgehead atoms. The Kier molecular flexibility index (Phi) is 4.67. The van der Waals surface area contributed by atoms with Gasteiger partial charge in [-0.15, -0.1) is 0 Å². The van der Waals surface area contributed by atoms with Crippen molar-refractivity contribution < 1.29 is 18.9 Å². The molecule has 2 saturated heterocycles. The highest BCUT2D eigenvalue weighted by molar-refractivity contribution is 9.09. The molecule has 4 nitrogen and oxygen atoms in total. The minimum absolute atomic E-state index is 0.291. The summed E-state index contributed by atoms with van der Waals surface area (Å²) in [6, 6.07) is 0. The molecule has 0 aromatic rings. The summed E-state index contributed by atoms with van der Waals surface area (Å²) in [7, 11) is 0. The molecule has 5 fully saturated rings. The average molecular weight is 481 g/mol. The summed E-state index contributed by atoms with van der Waals surface area (Å²) in [5.74, 6) is 1.97. The Morgan fingerprint density at radius 3 is 2.27 bits per heavy atom. The summed E-state index contributed by atoms with van der Waals surface area (Å²) < 4.78 is 24.6. The van der Waals surface area contributed by atoms with Crippen LogP contribution in [0.3, 0.4) is 0 Å². The topological polar surface area (TPSA) is 36.9 Å². The second-order valence-electron chi connectivity index (χ2n) is 11.5. The third-order valence-electron chi connectivity index (χ3n) is 10.4. The molecule has 5 heteroatoms. The Bertz CT molecular complexity index is 739. The minimum atomic E-state index is -0.383. The number of ether oxygens (including phenoxy) is 4. The quantitative estimate of drug-likeness (QED) is 0.369. The number of fused-ring (bicyclic) bond motifs is 5. The van der Waals surface area contributed by atoms with Crippen LogP contribution >= 0.6 is 15.9 Å². The zero-order valence-electron chi connectivity index (χ0n) is 18.8. The van der Waals surface area contributed by atoms with Gasteiger partial charge in [0.1, 0.15) is 0 Å². The number of allylic oxidation sites excluding steroid dienone is 1. The van der Waals surface area contributed by atoms with E-state index in [9.17, 15) is 0 Å². The molecule has 0 amide bonds. The summed E-state index contributed by atoms with van der Waals surface area (Å²) >= 11 is 4.17. The molecule has 0 aromatic carbocycles. The van der Waals surface area contributed by atoms with Crippen molar-refractivity contribution in [3.63, 3.8) is 0 Å². The fourth-order valence-corrected chi connectivity index (χ4v) is 9.94. The van der Waals surface area contributed by atoms with Crippen molar-refractivity contribution in [3.05, 3.63) is 11.6 Å². The first kappa shape index (κ1) is 20.7. The second-order valence-corrected chi connectivity index (χ2v) is 12.6. The van der Waals surface area contributed by atoms with Gasteiger partial charge in [0.25, 0.3) is 0 Å². The van der Waals surface area contributed by atoms with Crippen molar-refractivity contribution in [2.75, 3.05) is 26.4 Å². The normalized spacial score (nSPS) is 51.3. The Labute approximate surface area is 189 Å². The van der Waals surface area contributed by atoms with E-state index in [0.29, 0.717) is 27.5 Å². The Balaban J connectivity index is 1.32. The first-order valence-corrected chi connectivity index (χ1v) is 13.1. The maximum absolute atomic E-state index is 6.19. The van der Waals surface area contributed by atoms with Gasteiger partial charge in [-0.25, -0.2) is 0 Å². The lowest BCUT2D eigenvalue weighted by atomic mass is 9.47. The van der Waals surface area contributed by atoms with E-state index in [4.69, 9.17) is 18.9 Å². The zero-order valence-corrected chi connectivity index (χ0v) is 20.3. The van der Waals surface area contributed by atoms with E-state index in [1.807, 2.05) is 0 Å². The van der Waals surface area contributed by atoms with Gasteiger partial charge in [-0.1, -0.05) is 41.4 Å². The molecule has 0 radical (unpaired) electrons. The molecule has 1 spiro atoms. The van der Waals surface area contributed by atoms with Crippen molar-refractivity contribution in [2.45, 2.75) is 82.1 Å². The van der Waals surface area contributed by atoms with Gasteiger partial charge in [0.2, 0.25) is 0 Å². The summed E-state index contributed by atoms with van der Waals surface area (Å²) in [5.41, 5.74) is 2.19. The predicted molar refractivity (Wildman–Crippen MR) is 118 cm³/mol. The van der Waals surface area contributed by atoms with Crippen LogP contribution in [0.2, 0.25) is 0 Å². The summed E-state index contributed by atoms with van der Waals surface area (Å²) in [4.78, 5) is 0.448. The van der Waals surface area contributed by atoms with Crippen molar-refractivity contribution in [2.24, 2.45) is 34.5 Å². The van der Waals surface area contributed by atoms with Crippen LogP contribution in [0.1, 0.15) is 65.7 Å². The molecule has 2 aliphatic heterocycles. The van der Waals surface area contributed by atoms with Gasteiger partial charge in [-0.2, -0.15) is 0 Å². The first-order chi connectivity index (χ1) is 14.3. The largest absolute Gasteiger partial charge is 0.348 e. The lowest BCUT2D eigenvalue weighted by Gasteiger charge is -2.60. The average Bonchev–Trinajstić information content (AvgIpc) is 3.43. The summed E-state index contributed by atoms with van der Waals surface area (Å²) in [5, 5.41) is 0. The SMILES string of the molecule is CC1([C@H]2CC[C@H]3[C@H]4[C@H](Br)C=C5CC6(CC[C@]5(C)[C@@H]4CC[C@]23C)OCCO6)OCCO1. The van der Waals surface area contributed by atoms with E-state index < -0.39 is 0 Å². The van der Waals surface area contributed by atoms with Gasteiger partial charge >= 0.3 is 0 Å². The standard InChI is InChI=1S/C25H37BrO4/c1-22-8-9-25(29-12-13-30-25)15-16(22)14-19(26)21-17-4-5-20(24(3)27-10-11-28-24)23(17,2)7-6-18(21)22/h14,17-21H,4-13,15H2,1-3H3/t17-,18+,19+,20-,21+,22-,23-/m0/s1. The molecule has 3 saturated carbocycles. The Morgan fingerprint density at radius 1 is 0.833 bits per heavy atom. The number of hydrogen-bond donors (Lipinski definition) is 0. The Hall–Kier alpha value is 0.0600. The van der Waals surface area contributed by atoms with E-state index in [0.717, 1.165) is 51.1 Å². The molecule has 7 atom stereocenters. The highest BCUT2D eigenvalue weighted by Gasteiger charge is 2.65. The summed E-state index contributed by atoms with van der Waals surface area (Å²) in [6.45, 7) is 10.3. The molecule has 2 heterocycles. The highest BCUT2D eigenvalue weighted by Crippen LogP contribution is 2.69. The molecule has 6 aliphatic rings. The maximum Gasteiger partial charge on any atom is 0.172 e. The van der Waals surface area contributed by atoms with E-state index in [1.54, 1.807) is 5.57 Å². The number of rotatable bonds is 1. The zero-order chi connectivity index (χ0) is 20.8. The van der Waals surface area contributed by atoms with Crippen LogP contribution in [0.15, 0.2) is 11.6 Å². The fourth-order valence-electron chi connectivity index (χ4n) is 8.89. The van der Waals surface area contributed by atoms with Crippen molar-refractivity contribution in [1.29, 1.82) is 0 Å². The molecular formula is C25H37BrO4. The molecule has 30 heavy (non-hydrogen) atoms. The molecule has 6 rings (SSSR count). The number of halogens is 1. The van der Waals surface area contributed by atoms with Crippen LogP contribution in [0.4, 0.5) is 0 Å². The van der Waals surface area contributed by atoms with Crippen molar-refractivity contribution in [1.82, 2.24) is 0 Å². The predicted octanol–water partition coefficient (Wildman–Crippen LogP) is 5.44. The third kappa shape index (κ3) is 2.71. The van der Waals surface area contributed by atoms with Gasteiger partial charge in [0.15, 0.2) is 11.6 Å². The third-order valence-corrected chi connectivity index (χ3v) is 11.3. The molecule has 0 N–H and O–H groups in total. The van der Waals surface area contributed by atoms with Gasteiger partial charge in [-0.05, 0) is 67.6 Å². The van der Waals surface area contributed by atoms with Crippen molar-refractivity contribution >= 4 is 15.9 Å². The maximum atomic E-state index is 6.19. The van der Waals surface area contributed by atoms with Crippen LogP contribution in [-0.4, -0.2) is 42.8 Å². The van der Waals surface area contributed by atoms with Crippen LogP contribution < -0.4 is 0 Å². The van der Waals surface area contributed by atoms with Crippen LogP contribution in [0.5, 0.6) is 0 Å². The van der Waals surface area contributed by atoms with E-state index in [-0.39, 0.29) is 11.6 Å². The first-order valence-electron chi connectivity index (χ1n) is 12.2. The number of hydrogen-bond acceptors (Lipinski definition) is 4. The monoisotopic (exact) mass is 480 g/mol. The van der Waals surface area contributed by atoms with Gasteiger partial charge < -0.3 is 18.9 Å². The van der Waals surface area contributed by atoms with Gasteiger partial charge in [0, 0.05) is 23.6 Å². The lowest BCUT2D eigenvalue weighted by Crippen LogP contribution is -2.56. The molecule has 0 aromatic heterocycles. The number of alkyl halides is 1.